The van der Waals surface area contributed by atoms with Crippen molar-refractivity contribution in [1.82, 2.24) is 0 Å². The molecule has 1 aliphatic carbocycles. The molecule has 5 aromatic rings. The van der Waals surface area contributed by atoms with Crippen molar-refractivity contribution in [1.29, 1.82) is 0 Å². The number of phenols is 2. The monoisotopic (exact) mass is 516 g/mol. The van der Waals surface area contributed by atoms with Crippen LogP contribution in [0.2, 0.25) is 0 Å². The Balaban J connectivity index is 1.82. The zero-order valence-corrected chi connectivity index (χ0v) is 22.7. The molecule has 0 saturated carbocycles. The van der Waals surface area contributed by atoms with E-state index in [9.17, 15) is 10.2 Å². The number of phenolic OH excluding ortho intramolecular Hbond substituents is 2. The molecule has 0 aliphatic heterocycles. The summed E-state index contributed by atoms with van der Waals surface area (Å²) in [6, 6.07) is 29.9. The van der Waals surface area contributed by atoms with Crippen LogP contribution in [0.15, 0.2) is 84.9 Å². The van der Waals surface area contributed by atoms with E-state index in [0.717, 1.165) is 33.4 Å². The Morgan fingerprint density at radius 2 is 1.21 bits per heavy atom. The van der Waals surface area contributed by atoms with Gasteiger partial charge in [0, 0.05) is 25.3 Å². The van der Waals surface area contributed by atoms with Gasteiger partial charge in [-0.05, 0) is 81.3 Å². The van der Waals surface area contributed by atoms with Gasteiger partial charge in [0.05, 0.1) is 18.6 Å². The summed E-state index contributed by atoms with van der Waals surface area (Å²) in [6.45, 7) is 4.47. The summed E-state index contributed by atoms with van der Waals surface area (Å²) >= 11 is 0. The van der Waals surface area contributed by atoms with Crippen molar-refractivity contribution >= 4 is 10.8 Å². The molecule has 6 rings (SSSR count). The van der Waals surface area contributed by atoms with Gasteiger partial charge < -0.3 is 19.7 Å². The predicted molar refractivity (Wildman–Crippen MR) is 155 cm³/mol. The molecule has 0 aromatic heterocycles. The second-order valence-corrected chi connectivity index (χ2v) is 10.5. The first-order chi connectivity index (χ1) is 18.9. The number of fused-ring (bicyclic) bond motifs is 5. The lowest BCUT2D eigenvalue weighted by Gasteiger charge is -2.35. The van der Waals surface area contributed by atoms with Gasteiger partial charge in [-0.15, -0.1) is 0 Å². The van der Waals surface area contributed by atoms with E-state index in [1.54, 1.807) is 14.2 Å². The molecular formula is C35H32O4. The van der Waals surface area contributed by atoms with Crippen LogP contribution in [0.25, 0.3) is 21.9 Å². The van der Waals surface area contributed by atoms with E-state index in [1.807, 2.05) is 13.8 Å². The molecule has 0 radical (unpaired) electrons. The molecule has 0 atom stereocenters. The molecule has 4 nitrogen and oxygen atoms in total. The number of rotatable bonds is 6. The van der Waals surface area contributed by atoms with Crippen LogP contribution in [0.4, 0.5) is 0 Å². The minimum atomic E-state index is -0.697. The molecule has 196 valence electrons. The number of methoxy groups -OCH3 is 2. The molecule has 0 amide bonds. The van der Waals surface area contributed by atoms with Gasteiger partial charge in [0.2, 0.25) is 0 Å². The Bertz CT molecular complexity index is 1670. The van der Waals surface area contributed by atoms with E-state index in [0.29, 0.717) is 13.2 Å². The molecule has 0 saturated heterocycles. The van der Waals surface area contributed by atoms with Crippen LogP contribution < -0.4 is 0 Å². The average Bonchev–Trinajstić information content (AvgIpc) is 3.25. The second-order valence-electron chi connectivity index (χ2n) is 10.5. The molecule has 5 aromatic carbocycles. The molecule has 0 spiro atoms. The molecule has 0 unspecified atom stereocenters. The maximum Gasteiger partial charge on any atom is 0.124 e. The molecule has 4 heteroatoms. The first-order valence-corrected chi connectivity index (χ1v) is 13.2. The molecule has 0 fully saturated rings. The summed E-state index contributed by atoms with van der Waals surface area (Å²) in [5.74, 6) is 0.505. The third-order valence-electron chi connectivity index (χ3n) is 8.16. The first-order valence-electron chi connectivity index (χ1n) is 13.2. The van der Waals surface area contributed by atoms with Crippen molar-refractivity contribution in [3.05, 3.63) is 129 Å². The van der Waals surface area contributed by atoms with Crippen molar-refractivity contribution < 1.29 is 19.7 Å². The Hall–Kier alpha value is -4.12. The fourth-order valence-electron chi connectivity index (χ4n) is 6.51. The van der Waals surface area contributed by atoms with Gasteiger partial charge in [-0.1, -0.05) is 72.8 Å². The number of hydrogen-bond donors (Lipinski definition) is 2. The summed E-state index contributed by atoms with van der Waals surface area (Å²) in [6.07, 6.45) is 0. The van der Waals surface area contributed by atoms with Gasteiger partial charge >= 0.3 is 0 Å². The second kappa shape index (κ2) is 9.57. The number of hydrogen-bond acceptors (Lipinski definition) is 4. The van der Waals surface area contributed by atoms with Crippen molar-refractivity contribution in [2.75, 3.05) is 14.2 Å². The largest absolute Gasteiger partial charge is 0.507 e. The van der Waals surface area contributed by atoms with Crippen molar-refractivity contribution in [2.45, 2.75) is 32.5 Å². The Kier molecular flexibility index (Phi) is 6.17. The fraction of sp³-hybridized carbons (Fsp3) is 0.200. The van der Waals surface area contributed by atoms with E-state index in [1.165, 1.54) is 33.0 Å². The summed E-state index contributed by atoms with van der Waals surface area (Å²) in [5, 5.41) is 24.3. The van der Waals surface area contributed by atoms with Gasteiger partial charge in [0.15, 0.2) is 0 Å². The van der Waals surface area contributed by atoms with Crippen molar-refractivity contribution in [3.8, 4) is 22.6 Å². The van der Waals surface area contributed by atoms with Crippen LogP contribution in [-0.4, -0.2) is 24.4 Å². The summed E-state index contributed by atoms with van der Waals surface area (Å²) < 4.78 is 11.0. The average molecular weight is 517 g/mol. The predicted octanol–water partition coefficient (Wildman–Crippen LogP) is 7.52. The van der Waals surface area contributed by atoms with E-state index < -0.39 is 5.41 Å². The third-order valence-corrected chi connectivity index (χ3v) is 8.16. The number of benzene rings is 5. The smallest absolute Gasteiger partial charge is 0.124 e. The summed E-state index contributed by atoms with van der Waals surface area (Å²) in [4.78, 5) is 0. The van der Waals surface area contributed by atoms with Crippen LogP contribution in [0.1, 0.15) is 44.5 Å². The lowest BCUT2D eigenvalue weighted by atomic mass is 9.66. The zero-order valence-electron chi connectivity index (χ0n) is 22.7. The Morgan fingerprint density at radius 1 is 0.641 bits per heavy atom. The topological polar surface area (TPSA) is 58.9 Å². The molecular weight excluding hydrogens is 484 g/mol. The maximum absolute atomic E-state index is 10.9. The molecule has 2 N–H and O–H groups in total. The molecule has 0 bridgehead atoms. The highest BCUT2D eigenvalue weighted by molar-refractivity contribution is 6.04. The van der Waals surface area contributed by atoms with Gasteiger partial charge in [-0.2, -0.15) is 0 Å². The lowest BCUT2D eigenvalue weighted by molar-refractivity contribution is 0.181. The van der Waals surface area contributed by atoms with Gasteiger partial charge in [-0.25, -0.2) is 0 Å². The van der Waals surface area contributed by atoms with Gasteiger partial charge in [-0.3, -0.25) is 0 Å². The third kappa shape index (κ3) is 3.67. The quantitative estimate of drug-likeness (QED) is 0.240. The maximum atomic E-state index is 10.9. The standard InChI is InChI=1S/C35H32O4/c1-21-15-26(17-24(19-38-3)33(21)36)35(27-16-22(2)34(37)25(18-27)20-39-4)30-12-8-7-11-29(30)32-28-10-6-5-9-23(28)13-14-31(32)35/h5-18,36-37H,19-20H2,1-4H3. The van der Waals surface area contributed by atoms with E-state index in [4.69, 9.17) is 9.47 Å². The molecule has 1 aliphatic rings. The minimum absolute atomic E-state index is 0.253. The highest BCUT2D eigenvalue weighted by Gasteiger charge is 2.47. The van der Waals surface area contributed by atoms with Crippen molar-refractivity contribution in [2.24, 2.45) is 0 Å². The first kappa shape index (κ1) is 25.2. The van der Waals surface area contributed by atoms with E-state index in [-0.39, 0.29) is 11.5 Å². The van der Waals surface area contributed by atoms with E-state index >= 15 is 0 Å². The van der Waals surface area contributed by atoms with Crippen LogP contribution in [0.3, 0.4) is 0 Å². The highest BCUT2D eigenvalue weighted by Crippen LogP contribution is 2.58. The summed E-state index contributed by atoms with van der Waals surface area (Å²) in [5.41, 5.74) is 9.18. The zero-order chi connectivity index (χ0) is 27.3. The van der Waals surface area contributed by atoms with Crippen molar-refractivity contribution in [3.63, 3.8) is 0 Å². The normalized spacial score (nSPS) is 13.4. The fourth-order valence-corrected chi connectivity index (χ4v) is 6.51. The lowest BCUT2D eigenvalue weighted by Crippen LogP contribution is -2.29. The number of aryl methyl sites for hydroxylation is 2. The van der Waals surface area contributed by atoms with Gasteiger partial charge in [0.25, 0.3) is 0 Å². The van der Waals surface area contributed by atoms with Crippen LogP contribution in [-0.2, 0) is 28.1 Å². The number of aromatic hydroxyl groups is 2. The number of ether oxygens (including phenoxy) is 2. The highest BCUT2D eigenvalue weighted by atomic mass is 16.5. The van der Waals surface area contributed by atoms with Crippen LogP contribution in [0, 0.1) is 13.8 Å². The Labute approximate surface area is 229 Å². The van der Waals surface area contributed by atoms with Crippen LogP contribution >= 0.6 is 0 Å². The van der Waals surface area contributed by atoms with E-state index in [2.05, 4.69) is 84.9 Å². The Morgan fingerprint density at radius 3 is 1.82 bits per heavy atom. The minimum Gasteiger partial charge on any atom is -0.507 e. The molecule has 39 heavy (non-hydrogen) atoms. The van der Waals surface area contributed by atoms with Gasteiger partial charge in [0.1, 0.15) is 11.5 Å². The van der Waals surface area contributed by atoms with Crippen LogP contribution in [0.5, 0.6) is 11.5 Å². The molecule has 0 heterocycles. The SMILES string of the molecule is COCc1cc(C2(c3cc(C)c(O)c(COC)c3)c3ccccc3-c3c2ccc2ccccc32)cc(C)c1O. The summed E-state index contributed by atoms with van der Waals surface area (Å²) in [7, 11) is 3.29.